The average molecular weight is 74.1 g/mol. The quantitative estimate of drug-likeness (QED) is 0.453. The normalized spacial score (nSPS) is 16.4. The van der Waals surface area contributed by atoms with Crippen LogP contribution in [0.3, 0.4) is 0 Å². The lowest BCUT2D eigenvalue weighted by Crippen LogP contribution is -1.82. The molecule has 0 amide bonds. The van der Waals surface area contributed by atoms with Gasteiger partial charge in [0, 0.05) is 6.05 Å². The molecule has 0 aromatic carbocycles. The van der Waals surface area contributed by atoms with Crippen molar-refractivity contribution in [2.24, 2.45) is 0 Å². The van der Waals surface area contributed by atoms with Gasteiger partial charge < -0.3 is 5.11 Å². The number of carboxylic acids is 1. The minimum Gasteiger partial charge on any atom is -0.478 e. The predicted molar refractivity (Wildman–Crippen MR) is 17.8 cm³/mol. The van der Waals surface area contributed by atoms with E-state index < -0.39 is 12.0 Å². The molecule has 0 aliphatic rings. The summed E-state index contributed by atoms with van der Waals surface area (Å²) < 4.78 is 12.6. The number of carboxylic acid groups (broad SMARTS) is 1. The molecule has 0 heterocycles. The summed E-state index contributed by atoms with van der Waals surface area (Å²) in [6.45, 7) is 0.475. The molecule has 0 atom stereocenters. The minimum absolute atomic E-state index is 0.475. The molecule has 0 unspecified atom stereocenters. The molecule has 28 valence electrons. The molecule has 0 saturated carbocycles. The average Bonchev–Trinajstić information content (AvgIpc) is 1.65. The largest absolute Gasteiger partial charge is 0.478 e. The number of hydrogen-bond acceptors (Lipinski definition) is 1. The minimum atomic E-state index is -1.37. The highest BCUT2D eigenvalue weighted by Gasteiger charge is 1.73. The van der Waals surface area contributed by atoms with Crippen molar-refractivity contribution in [1.29, 1.82) is 0 Å². The molecule has 0 aliphatic heterocycles. The third-order valence-corrected chi connectivity index (χ3v) is 0.123. The van der Waals surface area contributed by atoms with Crippen molar-refractivity contribution >= 4 is 5.97 Å². The van der Waals surface area contributed by atoms with Gasteiger partial charge in [0.25, 0.3) is 0 Å². The summed E-state index contributed by atoms with van der Waals surface area (Å²) in [5, 5.41) is 7.81. The summed E-state index contributed by atoms with van der Waals surface area (Å²) in [6, 6.07) is -0.694. The Morgan fingerprint density at radius 1 is 2.60 bits per heavy atom. The van der Waals surface area contributed by atoms with Gasteiger partial charge in [-0.2, -0.15) is 0 Å². The monoisotopic (exact) mass is 74.0 g/mol. The molecule has 0 saturated heterocycles. The van der Waals surface area contributed by atoms with Gasteiger partial charge in [0.2, 0.25) is 0 Å². The molecule has 1 N–H and O–H groups in total. The van der Waals surface area contributed by atoms with Gasteiger partial charge in [-0.15, -0.1) is 0 Å². The maximum Gasteiger partial charge on any atom is 0.327 e. The first-order valence-electron chi connectivity index (χ1n) is 2.04. The van der Waals surface area contributed by atoms with E-state index in [1.165, 1.54) is 0 Å². The second-order valence-corrected chi connectivity index (χ2v) is 0.449. The first-order valence-corrected chi connectivity index (χ1v) is 0.966. The predicted octanol–water partition coefficient (Wildman–Crippen LogP) is 0.257. The standard InChI is InChI=1S/C3H4O2/c1-2-3(4)5/h2H,1H2,(H,4,5)/i1D,2D/b2-1-. The fourth-order valence-electron chi connectivity index (χ4n) is 0. The van der Waals surface area contributed by atoms with Crippen LogP contribution in [0.4, 0.5) is 0 Å². The zero-order valence-corrected chi connectivity index (χ0v) is 2.43. The lowest BCUT2D eigenvalue weighted by Gasteiger charge is -1.64. The Morgan fingerprint density at radius 2 is 3.20 bits per heavy atom. The zero-order valence-electron chi connectivity index (χ0n) is 4.43. The fourth-order valence-corrected chi connectivity index (χ4v) is 0. The molecule has 0 aromatic heterocycles. The highest BCUT2D eigenvalue weighted by molar-refractivity contribution is 5.78. The van der Waals surface area contributed by atoms with E-state index in [9.17, 15) is 4.79 Å². The molecule has 0 bridgehead atoms. The van der Waals surface area contributed by atoms with Crippen LogP contribution in [0.15, 0.2) is 12.6 Å². The van der Waals surface area contributed by atoms with E-state index in [4.69, 9.17) is 7.85 Å². The number of carbonyl (C=O) groups is 1. The lowest BCUT2D eigenvalue weighted by molar-refractivity contribution is -0.131. The van der Waals surface area contributed by atoms with Crippen molar-refractivity contribution in [3.8, 4) is 0 Å². The zero-order chi connectivity index (χ0) is 5.86. The van der Waals surface area contributed by atoms with Crippen molar-refractivity contribution < 1.29 is 12.6 Å². The molecule has 5 heavy (non-hydrogen) atoms. The van der Waals surface area contributed by atoms with E-state index >= 15 is 0 Å². The SMILES string of the molecule is [2H]/C=C(/[2H])C(=O)O. The summed E-state index contributed by atoms with van der Waals surface area (Å²) in [4.78, 5) is 9.55. The molecule has 0 aromatic rings. The van der Waals surface area contributed by atoms with Crippen LogP contribution in [0, 0.1) is 0 Å². The van der Waals surface area contributed by atoms with Crippen LogP contribution in [0.2, 0.25) is 0 Å². The topological polar surface area (TPSA) is 37.3 Å². The molecular weight excluding hydrogens is 68.0 g/mol. The van der Waals surface area contributed by atoms with Crippen LogP contribution in [0.25, 0.3) is 0 Å². The third-order valence-electron chi connectivity index (χ3n) is 0.123. The van der Waals surface area contributed by atoms with Crippen LogP contribution < -0.4 is 0 Å². The molecule has 0 spiro atoms. The summed E-state index contributed by atoms with van der Waals surface area (Å²) >= 11 is 0. The third kappa shape index (κ3) is 3.21. The molecular formula is C3H4O2. The highest BCUT2D eigenvalue weighted by Crippen LogP contribution is 1.54. The van der Waals surface area contributed by atoms with Gasteiger partial charge in [0.15, 0.2) is 0 Å². The maximum absolute atomic E-state index is 9.55. The summed E-state index contributed by atoms with van der Waals surface area (Å²) in [5.74, 6) is -1.37. The molecule has 0 radical (unpaired) electrons. The maximum atomic E-state index is 9.55. The first kappa shape index (κ1) is 1.60. The highest BCUT2D eigenvalue weighted by atomic mass is 16.4. The van der Waals surface area contributed by atoms with Crippen LogP contribution >= 0.6 is 0 Å². The van der Waals surface area contributed by atoms with E-state index in [0.717, 1.165) is 0 Å². The van der Waals surface area contributed by atoms with Crippen LogP contribution in [0.1, 0.15) is 2.74 Å². The van der Waals surface area contributed by atoms with Gasteiger partial charge in [0.1, 0.15) is 0 Å². The van der Waals surface area contributed by atoms with Crippen molar-refractivity contribution in [1.82, 2.24) is 0 Å². The van der Waals surface area contributed by atoms with Gasteiger partial charge in [0.05, 0.1) is 2.74 Å². The first-order chi connectivity index (χ1) is 3.18. The fraction of sp³-hybridized carbons (Fsp3) is 0. The van der Waals surface area contributed by atoms with Crippen molar-refractivity contribution in [3.05, 3.63) is 12.6 Å². The van der Waals surface area contributed by atoms with Crippen LogP contribution in [-0.2, 0) is 4.79 Å². The summed E-state index contributed by atoms with van der Waals surface area (Å²) in [6.07, 6.45) is 0. The molecule has 2 heteroatoms. The Hall–Kier alpha value is -0.790. The van der Waals surface area contributed by atoms with E-state index in [-0.39, 0.29) is 0 Å². The number of aliphatic carboxylic acids is 1. The Labute approximate surface area is 32.5 Å². The molecule has 0 aliphatic carbocycles. The summed E-state index contributed by atoms with van der Waals surface area (Å²) in [5.41, 5.74) is 0. The Kier molecular flexibility index (Phi) is 0.486. The smallest absolute Gasteiger partial charge is 0.327 e. The van der Waals surface area contributed by atoms with Gasteiger partial charge in [-0.3, -0.25) is 0 Å². The lowest BCUT2D eigenvalue weighted by atomic mass is 10.7. The van der Waals surface area contributed by atoms with Crippen LogP contribution in [-0.4, -0.2) is 11.1 Å². The van der Waals surface area contributed by atoms with Crippen molar-refractivity contribution in [2.45, 2.75) is 0 Å². The van der Waals surface area contributed by atoms with Gasteiger partial charge >= 0.3 is 5.97 Å². The Morgan fingerprint density at radius 3 is 3.20 bits per heavy atom. The number of hydrogen-bond donors (Lipinski definition) is 1. The van der Waals surface area contributed by atoms with E-state index in [1.54, 1.807) is 0 Å². The van der Waals surface area contributed by atoms with E-state index in [2.05, 4.69) is 0 Å². The van der Waals surface area contributed by atoms with Gasteiger partial charge in [-0.05, 0) is 0 Å². The second kappa shape index (κ2) is 1.52. The number of rotatable bonds is 1. The Balaban J connectivity index is 3.82. The molecule has 2 nitrogen and oxygen atoms in total. The van der Waals surface area contributed by atoms with Gasteiger partial charge in [-0.1, -0.05) is 6.55 Å². The Bertz CT molecular complexity index is 108. The van der Waals surface area contributed by atoms with E-state index in [0.29, 0.717) is 6.55 Å². The van der Waals surface area contributed by atoms with Crippen LogP contribution in [0.5, 0.6) is 0 Å². The van der Waals surface area contributed by atoms with E-state index in [1.807, 2.05) is 0 Å². The van der Waals surface area contributed by atoms with Gasteiger partial charge in [-0.25, -0.2) is 4.79 Å². The van der Waals surface area contributed by atoms with Crippen molar-refractivity contribution in [2.75, 3.05) is 0 Å². The molecule has 0 rings (SSSR count). The second-order valence-electron chi connectivity index (χ2n) is 0.449. The van der Waals surface area contributed by atoms with Crippen molar-refractivity contribution in [3.63, 3.8) is 0 Å². The summed E-state index contributed by atoms with van der Waals surface area (Å²) in [7, 11) is 0. The molecule has 0 fully saturated rings.